The molecule has 0 saturated carbocycles. The van der Waals surface area contributed by atoms with Gasteiger partial charge in [0, 0.05) is 36.2 Å². The number of hydrogen-bond donors (Lipinski definition) is 0. The van der Waals surface area contributed by atoms with Crippen LogP contribution in [-0.4, -0.2) is 20.0 Å². The number of fused-ring (bicyclic) bond motifs is 1. The van der Waals surface area contributed by atoms with E-state index in [0.717, 1.165) is 10.9 Å². The number of aromatic nitrogens is 1. The zero-order valence-corrected chi connectivity index (χ0v) is 14.8. The van der Waals surface area contributed by atoms with Gasteiger partial charge in [0.2, 0.25) is 0 Å². The van der Waals surface area contributed by atoms with Crippen LogP contribution in [0, 0.1) is 0 Å². The maximum absolute atomic E-state index is 12.8. The van der Waals surface area contributed by atoms with E-state index in [9.17, 15) is 8.42 Å². The Labute approximate surface area is 144 Å². The van der Waals surface area contributed by atoms with Gasteiger partial charge in [-0.05, 0) is 42.5 Å². The minimum atomic E-state index is -3.77. The smallest absolute Gasteiger partial charge is 0.265 e. The highest BCUT2D eigenvalue weighted by atomic mass is 35.5. The maximum Gasteiger partial charge on any atom is 0.265 e. The summed E-state index contributed by atoms with van der Waals surface area (Å²) in [5.74, 6) is 0. The number of aryl methyl sites for hydroxylation is 1. The lowest BCUT2D eigenvalue weighted by Crippen LogP contribution is -2.26. The van der Waals surface area contributed by atoms with Crippen LogP contribution in [0.2, 0.25) is 10.0 Å². The van der Waals surface area contributed by atoms with Crippen molar-refractivity contribution in [2.24, 2.45) is 7.05 Å². The molecule has 0 atom stereocenters. The highest BCUT2D eigenvalue weighted by Gasteiger charge is 2.24. The fraction of sp³-hybridized carbons (Fsp3) is 0.125. The molecule has 0 radical (unpaired) electrons. The van der Waals surface area contributed by atoms with Crippen molar-refractivity contribution in [1.29, 1.82) is 0 Å². The normalized spacial score (nSPS) is 11.8. The third-order valence-corrected chi connectivity index (χ3v) is 6.27. The number of nitrogens with zero attached hydrogens (tertiary/aromatic N) is 2. The summed E-state index contributed by atoms with van der Waals surface area (Å²) in [4.78, 5) is 0.0271. The van der Waals surface area contributed by atoms with Crippen molar-refractivity contribution in [3.05, 3.63) is 58.7 Å². The molecule has 0 N–H and O–H groups in total. The van der Waals surface area contributed by atoms with Gasteiger partial charge < -0.3 is 4.57 Å². The molecule has 120 valence electrons. The predicted molar refractivity (Wildman–Crippen MR) is 95.0 cm³/mol. The lowest BCUT2D eigenvalue weighted by Gasteiger charge is -2.20. The van der Waals surface area contributed by atoms with Gasteiger partial charge in [0.15, 0.2) is 0 Å². The molecule has 1 heterocycles. The van der Waals surface area contributed by atoms with E-state index in [4.69, 9.17) is 23.2 Å². The molecular weight excluding hydrogens is 355 g/mol. The second kappa shape index (κ2) is 5.74. The summed E-state index contributed by atoms with van der Waals surface area (Å²) >= 11 is 11.9. The van der Waals surface area contributed by atoms with E-state index in [1.165, 1.54) is 29.6 Å². The number of benzene rings is 2. The van der Waals surface area contributed by atoms with Crippen LogP contribution in [-0.2, 0) is 17.1 Å². The number of halogens is 2. The summed E-state index contributed by atoms with van der Waals surface area (Å²) in [6.07, 6.45) is 1.93. The second-order valence-electron chi connectivity index (χ2n) is 5.22. The molecule has 3 rings (SSSR count). The van der Waals surface area contributed by atoms with Gasteiger partial charge in [-0.25, -0.2) is 8.42 Å². The topological polar surface area (TPSA) is 42.3 Å². The second-order valence-corrected chi connectivity index (χ2v) is 8.00. The molecule has 0 aliphatic heterocycles. The summed E-state index contributed by atoms with van der Waals surface area (Å²) in [5.41, 5.74) is 1.60. The highest BCUT2D eigenvalue weighted by molar-refractivity contribution is 7.93. The average molecular weight is 369 g/mol. The molecule has 2 aromatic carbocycles. The Balaban J connectivity index is 2.07. The first-order valence-corrected chi connectivity index (χ1v) is 8.99. The fourth-order valence-electron chi connectivity index (χ4n) is 2.44. The zero-order valence-electron chi connectivity index (χ0n) is 12.5. The first-order chi connectivity index (χ1) is 10.8. The third-order valence-electron chi connectivity index (χ3n) is 3.76. The van der Waals surface area contributed by atoms with Gasteiger partial charge in [0.1, 0.15) is 4.90 Å². The lowest BCUT2D eigenvalue weighted by atomic mass is 10.2. The maximum atomic E-state index is 12.8. The molecular formula is C16H14Cl2N2O2S. The van der Waals surface area contributed by atoms with Crippen molar-refractivity contribution in [1.82, 2.24) is 4.57 Å². The highest BCUT2D eigenvalue weighted by Crippen LogP contribution is 2.31. The molecule has 0 unspecified atom stereocenters. The van der Waals surface area contributed by atoms with Gasteiger partial charge in [0.25, 0.3) is 10.0 Å². The molecule has 0 fully saturated rings. The largest absolute Gasteiger partial charge is 0.351 e. The first-order valence-electron chi connectivity index (χ1n) is 6.80. The van der Waals surface area contributed by atoms with Crippen molar-refractivity contribution in [2.45, 2.75) is 4.90 Å². The van der Waals surface area contributed by atoms with Crippen LogP contribution in [0.5, 0.6) is 0 Å². The number of hydrogen-bond acceptors (Lipinski definition) is 2. The van der Waals surface area contributed by atoms with E-state index in [-0.39, 0.29) is 9.92 Å². The van der Waals surface area contributed by atoms with Crippen molar-refractivity contribution < 1.29 is 8.42 Å². The molecule has 23 heavy (non-hydrogen) atoms. The van der Waals surface area contributed by atoms with Crippen LogP contribution in [0.4, 0.5) is 5.69 Å². The van der Waals surface area contributed by atoms with Gasteiger partial charge in [-0.3, -0.25) is 4.31 Å². The van der Waals surface area contributed by atoms with Crippen LogP contribution in [0.3, 0.4) is 0 Å². The lowest BCUT2D eigenvalue weighted by molar-refractivity contribution is 0.594. The Morgan fingerprint density at radius 3 is 2.48 bits per heavy atom. The standard InChI is InChI=1S/C16H14Cl2N2O2S/c1-19-8-7-11-9-13(4-5-15(11)19)20(2)23(21,22)16-6-3-12(17)10-14(16)18/h3-10H,1-2H3. The van der Waals surface area contributed by atoms with E-state index in [1.54, 1.807) is 6.07 Å². The van der Waals surface area contributed by atoms with Gasteiger partial charge in [-0.1, -0.05) is 23.2 Å². The number of sulfonamides is 1. The minimum Gasteiger partial charge on any atom is -0.351 e. The summed E-state index contributed by atoms with van der Waals surface area (Å²) in [6, 6.07) is 11.8. The Kier molecular flexibility index (Phi) is 4.04. The molecule has 0 aliphatic rings. The Morgan fingerprint density at radius 1 is 1.04 bits per heavy atom. The molecule has 7 heteroatoms. The Hall–Kier alpha value is -1.69. The van der Waals surface area contributed by atoms with Gasteiger partial charge in [-0.2, -0.15) is 0 Å². The molecule has 3 aromatic rings. The Morgan fingerprint density at radius 2 is 1.78 bits per heavy atom. The van der Waals surface area contributed by atoms with E-state index >= 15 is 0 Å². The van der Waals surface area contributed by atoms with Crippen LogP contribution < -0.4 is 4.31 Å². The molecule has 0 spiro atoms. The third kappa shape index (κ3) is 2.80. The first kappa shape index (κ1) is 16.2. The van der Waals surface area contributed by atoms with Crippen molar-refractivity contribution in [2.75, 3.05) is 11.4 Å². The quantitative estimate of drug-likeness (QED) is 0.691. The molecule has 4 nitrogen and oxygen atoms in total. The predicted octanol–water partition coefficient (Wildman–Crippen LogP) is 4.31. The summed E-state index contributed by atoms with van der Waals surface area (Å²) in [5, 5.41) is 1.46. The molecule has 1 aromatic heterocycles. The van der Waals surface area contributed by atoms with E-state index < -0.39 is 10.0 Å². The summed E-state index contributed by atoms with van der Waals surface area (Å²) < 4.78 is 28.8. The van der Waals surface area contributed by atoms with Gasteiger partial charge in [-0.15, -0.1) is 0 Å². The number of rotatable bonds is 3. The molecule has 0 amide bonds. The van der Waals surface area contributed by atoms with E-state index in [2.05, 4.69) is 0 Å². The monoisotopic (exact) mass is 368 g/mol. The van der Waals surface area contributed by atoms with E-state index in [0.29, 0.717) is 10.7 Å². The molecule has 0 saturated heterocycles. The molecule has 0 bridgehead atoms. The SMILES string of the molecule is CN(c1ccc2c(ccn2C)c1)S(=O)(=O)c1ccc(Cl)cc1Cl. The zero-order chi connectivity index (χ0) is 16.8. The number of anilines is 1. The van der Waals surface area contributed by atoms with Crippen LogP contribution in [0.1, 0.15) is 0 Å². The van der Waals surface area contributed by atoms with Crippen molar-refractivity contribution >= 4 is 49.8 Å². The fourth-order valence-corrected chi connectivity index (χ4v) is 4.37. The average Bonchev–Trinajstić information content (AvgIpc) is 2.87. The van der Waals surface area contributed by atoms with Gasteiger partial charge >= 0.3 is 0 Å². The van der Waals surface area contributed by atoms with Crippen LogP contribution in [0.15, 0.2) is 53.6 Å². The minimum absolute atomic E-state index is 0.0271. The Bertz CT molecular complexity index is 996. The summed E-state index contributed by atoms with van der Waals surface area (Å²) in [7, 11) is -0.321. The van der Waals surface area contributed by atoms with Crippen LogP contribution in [0.25, 0.3) is 10.9 Å². The van der Waals surface area contributed by atoms with E-state index in [1.807, 2.05) is 36.0 Å². The summed E-state index contributed by atoms with van der Waals surface area (Å²) in [6.45, 7) is 0. The van der Waals surface area contributed by atoms with Crippen molar-refractivity contribution in [3.8, 4) is 0 Å². The molecule has 0 aliphatic carbocycles. The van der Waals surface area contributed by atoms with Gasteiger partial charge in [0.05, 0.1) is 10.7 Å². The van der Waals surface area contributed by atoms with Crippen molar-refractivity contribution in [3.63, 3.8) is 0 Å². The van der Waals surface area contributed by atoms with Crippen LogP contribution >= 0.6 is 23.2 Å².